The highest BCUT2D eigenvalue weighted by Crippen LogP contribution is 2.22. The maximum Gasteiger partial charge on any atom is 0.256 e. The molecule has 3 N–H and O–H groups in total. The van der Waals surface area contributed by atoms with E-state index in [2.05, 4.69) is 10.3 Å². The first-order valence-electron chi connectivity index (χ1n) is 6.88. The number of carbonyl (C=O) groups is 2. The fourth-order valence-corrected chi connectivity index (χ4v) is 2.76. The number of aromatic amines is 1. The molecule has 2 atom stereocenters. The molecule has 110 valence electrons. The van der Waals surface area contributed by atoms with Crippen LogP contribution in [-0.2, 0) is 4.79 Å². The van der Waals surface area contributed by atoms with E-state index in [1.807, 2.05) is 24.3 Å². The van der Waals surface area contributed by atoms with E-state index in [0.29, 0.717) is 18.4 Å². The average molecular weight is 287 g/mol. The highest BCUT2D eigenvalue weighted by Gasteiger charge is 2.33. The molecule has 1 aromatic carbocycles. The Balaban J connectivity index is 1.86. The van der Waals surface area contributed by atoms with Crippen molar-refractivity contribution in [1.82, 2.24) is 15.2 Å². The molecule has 6 nitrogen and oxygen atoms in total. The fraction of sp³-hybridized carbons (Fsp3) is 0.333. The third-order valence-electron chi connectivity index (χ3n) is 3.98. The normalized spacial score (nSPS) is 22.1. The van der Waals surface area contributed by atoms with Crippen molar-refractivity contribution in [3.05, 3.63) is 36.0 Å². The lowest BCUT2D eigenvalue weighted by Crippen LogP contribution is -2.55. The Bertz CT molecular complexity index is 694. The number of hydrogen-bond donors (Lipinski definition) is 3. The first kappa shape index (κ1) is 13.6. The number of fused-ring (bicyclic) bond motifs is 1. The summed E-state index contributed by atoms with van der Waals surface area (Å²) in [7, 11) is 1.65. The predicted octanol–water partition coefficient (Wildman–Crippen LogP) is 0.837. The van der Waals surface area contributed by atoms with Crippen molar-refractivity contribution in [2.24, 2.45) is 0 Å². The third-order valence-corrected chi connectivity index (χ3v) is 3.98. The molecule has 1 aliphatic heterocycles. The van der Waals surface area contributed by atoms with Crippen LogP contribution in [0.1, 0.15) is 23.2 Å². The van der Waals surface area contributed by atoms with Crippen molar-refractivity contribution < 1.29 is 14.7 Å². The van der Waals surface area contributed by atoms with Crippen molar-refractivity contribution in [3.8, 4) is 0 Å². The number of amides is 2. The SMILES string of the molecule is CN(C(=O)c1c[nH]c2ccccc12)C1CCC(=O)NC1O. The molecule has 1 aromatic heterocycles. The van der Waals surface area contributed by atoms with Gasteiger partial charge in [0.1, 0.15) is 6.23 Å². The summed E-state index contributed by atoms with van der Waals surface area (Å²) in [5.74, 6) is -0.362. The average Bonchev–Trinajstić information content (AvgIpc) is 2.90. The Morgan fingerprint density at radius 2 is 2.14 bits per heavy atom. The largest absolute Gasteiger partial charge is 0.372 e. The Labute approximate surface area is 121 Å². The van der Waals surface area contributed by atoms with Gasteiger partial charge in [0.05, 0.1) is 11.6 Å². The number of aliphatic hydroxyl groups excluding tert-OH is 1. The molecule has 2 unspecified atom stereocenters. The molecule has 0 saturated carbocycles. The summed E-state index contributed by atoms with van der Waals surface area (Å²) in [4.78, 5) is 28.4. The zero-order valence-corrected chi connectivity index (χ0v) is 11.7. The number of likely N-dealkylation sites (N-methyl/N-ethyl adjacent to an activating group) is 1. The summed E-state index contributed by atoms with van der Waals surface area (Å²) in [5.41, 5.74) is 1.46. The van der Waals surface area contributed by atoms with E-state index in [9.17, 15) is 14.7 Å². The number of aliphatic hydroxyl groups is 1. The lowest BCUT2D eigenvalue weighted by molar-refractivity contribution is -0.129. The van der Waals surface area contributed by atoms with Crippen LogP contribution in [0.4, 0.5) is 0 Å². The minimum atomic E-state index is -1.02. The summed E-state index contributed by atoms with van der Waals surface area (Å²) < 4.78 is 0. The molecular weight excluding hydrogens is 270 g/mol. The number of para-hydroxylation sites is 1. The summed E-state index contributed by atoms with van der Waals surface area (Å²) in [6, 6.07) is 7.15. The Kier molecular flexibility index (Phi) is 3.39. The van der Waals surface area contributed by atoms with Gasteiger partial charge < -0.3 is 20.3 Å². The molecule has 0 radical (unpaired) electrons. The Morgan fingerprint density at radius 1 is 1.38 bits per heavy atom. The summed E-state index contributed by atoms with van der Waals surface area (Å²) >= 11 is 0. The molecule has 2 amide bonds. The zero-order chi connectivity index (χ0) is 15.0. The number of benzene rings is 1. The standard InChI is InChI=1S/C15H17N3O3/c1-18(12-6-7-13(19)17-14(12)20)15(21)10-8-16-11-5-3-2-4-9(10)11/h2-5,8,12,14,16,20H,6-7H2,1H3,(H,17,19). The maximum absolute atomic E-state index is 12.6. The quantitative estimate of drug-likeness (QED) is 0.765. The van der Waals surface area contributed by atoms with Gasteiger partial charge in [-0.15, -0.1) is 0 Å². The van der Waals surface area contributed by atoms with E-state index in [1.165, 1.54) is 4.90 Å². The molecule has 3 rings (SSSR count). The van der Waals surface area contributed by atoms with Gasteiger partial charge in [-0.25, -0.2) is 0 Å². The Morgan fingerprint density at radius 3 is 2.90 bits per heavy atom. The van der Waals surface area contributed by atoms with E-state index in [0.717, 1.165) is 10.9 Å². The smallest absolute Gasteiger partial charge is 0.256 e. The van der Waals surface area contributed by atoms with Crippen LogP contribution in [0.5, 0.6) is 0 Å². The predicted molar refractivity (Wildman–Crippen MR) is 77.6 cm³/mol. The van der Waals surface area contributed by atoms with Crippen LogP contribution in [0.2, 0.25) is 0 Å². The number of nitrogens with one attached hydrogen (secondary N) is 2. The molecular formula is C15H17N3O3. The van der Waals surface area contributed by atoms with Crippen LogP contribution in [0, 0.1) is 0 Å². The second-order valence-corrected chi connectivity index (χ2v) is 5.28. The molecule has 0 bridgehead atoms. The van der Waals surface area contributed by atoms with Crippen molar-refractivity contribution in [1.29, 1.82) is 0 Å². The second kappa shape index (κ2) is 5.21. The minimum absolute atomic E-state index is 0.173. The van der Waals surface area contributed by atoms with E-state index < -0.39 is 12.3 Å². The number of carbonyl (C=O) groups excluding carboxylic acids is 2. The zero-order valence-electron chi connectivity index (χ0n) is 11.7. The first-order chi connectivity index (χ1) is 10.1. The van der Waals surface area contributed by atoms with Gasteiger partial charge in [0.25, 0.3) is 5.91 Å². The molecule has 1 saturated heterocycles. The van der Waals surface area contributed by atoms with Crippen molar-refractivity contribution in [2.45, 2.75) is 25.1 Å². The third kappa shape index (κ3) is 2.38. The first-order valence-corrected chi connectivity index (χ1v) is 6.88. The Hall–Kier alpha value is -2.34. The highest BCUT2D eigenvalue weighted by molar-refractivity contribution is 6.06. The minimum Gasteiger partial charge on any atom is -0.372 e. The van der Waals surface area contributed by atoms with Gasteiger partial charge in [0.2, 0.25) is 5.91 Å². The van der Waals surface area contributed by atoms with Gasteiger partial charge in [-0.3, -0.25) is 9.59 Å². The summed E-state index contributed by atoms with van der Waals surface area (Å²) in [6.07, 6.45) is 1.42. The van der Waals surface area contributed by atoms with Crippen molar-refractivity contribution >= 4 is 22.7 Å². The van der Waals surface area contributed by atoms with Gasteiger partial charge in [-0.1, -0.05) is 18.2 Å². The lowest BCUT2D eigenvalue weighted by atomic mass is 10.0. The number of piperidine rings is 1. The van der Waals surface area contributed by atoms with Gasteiger partial charge in [0, 0.05) is 30.6 Å². The van der Waals surface area contributed by atoms with Crippen LogP contribution in [0.15, 0.2) is 30.5 Å². The molecule has 0 aliphatic carbocycles. The molecule has 2 heterocycles. The van der Waals surface area contributed by atoms with Crippen molar-refractivity contribution in [2.75, 3.05) is 7.05 Å². The van der Waals surface area contributed by atoms with E-state index in [4.69, 9.17) is 0 Å². The number of nitrogens with zero attached hydrogens (tertiary/aromatic N) is 1. The van der Waals surface area contributed by atoms with Crippen LogP contribution < -0.4 is 5.32 Å². The van der Waals surface area contributed by atoms with Crippen LogP contribution in [0.25, 0.3) is 10.9 Å². The van der Waals surface area contributed by atoms with Crippen molar-refractivity contribution in [3.63, 3.8) is 0 Å². The van der Waals surface area contributed by atoms with Crippen LogP contribution in [0.3, 0.4) is 0 Å². The summed E-state index contributed by atoms with van der Waals surface area (Å²) in [6.45, 7) is 0. The molecule has 0 spiro atoms. The maximum atomic E-state index is 12.6. The van der Waals surface area contributed by atoms with Crippen LogP contribution in [-0.4, -0.2) is 46.1 Å². The number of H-pyrrole nitrogens is 1. The molecule has 21 heavy (non-hydrogen) atoms. The monoisotopic (exact) mass is 287 g/mol. The van der Waals surface area contributed by atoms with E-state index >= 15 is 0 Å². The molecule has 1 fully saturated rings. The van der Waals surface area contributed by atoms with Gasteiger partial charge >= 0.3 is 0 Å². The topological polar surface area (TPSA) is 85.4 Å². The molecule has 6 heteroatoms. The van der Waals surface area contributed by atoms with E-state index in [-0.39, 0.29) is 11.8 Å². The van der Waals surface area contributed by atoms with Gasteiger partial charge in [-0.2, -0.15) is 0 Å². The molecule has 2 aromatic rings. The van der Waals surface area contributed by atoms with Crippen LogP contribution >= 0.6 is 0 Å². The number of rotatable bonds is 2. The lowest BCUT2D eigenvalue weighted by Gasteiger charge is -2.35. The second-order valence-electron chi connectivity index (χ2n) is 5.28. The number of aromatic nitrogens is 1. The molecule has 1 aliphatic rings. The van der Waals surface area contributed by atoms with Gasteiger partial charge in [-0.05, 0) is 12.5 Å². The highest BCUT2D eigenvalue weighted by atomic mass is 16.3. The summed E-state index contributed by atoms with van der Waals surface area (Å²) in [5, 5.41) is 13.2. The fourth-order valence-electron chi connectivity index (χ4n) is 2.76. The van der Waals surface area contributed by atoms with E-state index in [1.54, 1.807) is 13.2 Å². The number of hydrogen-bond acceptors (Lipinski definition) is 3. The van der Waals surface area contributed by atoms with Gasteiger partial charge in [0.15, 0.2) is 0 Å².